The van der Waals surface area contributed by atoms with Gasteiger partial charge >= 0.3 is 0 Å². The van der Waals surface area contributed by atoms with E-state index in [4.69, 9.17) is 9.47 Å². The van der Waals surface area contributed by atoms with E-state index >= 15 is 0 Å². The largest absolute Gasteiger partial charge is 0.490 e. The standard InChI is InChI=1S/C24H29N3O6S/c1-17(28)26-19-6-8-20(9-7-19)34(30,31)25-12-11-24(29)27-13-2-4-21(27)18-5-10-22-23(16-18)33-15-3-14-32-22/h5-10,16,21,25H,2-4,11-15H2,1H3,(H,26,28)/t21-/m0/s1. The van der Waals surface area contributed by atoms with Crippen molar-refractivity contribution in [2.75, 3.05) is 31.6 Å². The summed E-state index contributed by atoms with van der Waals surface area (Å²) in [5, 5.41) is 2.59. The summed E-state index contributed by atoms with van der Waals surface area (Å²) < 4.78 is 39.1. The number of likely N-dealkylation sites (tertiary alicyclic amines) is 1. The number of hydrogen-bond acceptors (Lipinski definition) is 6. The smallest absolute Gasteiger partial charge is 0.240 e. The fourth-order valence-corrected chi connectivity index (χ4v) is 5.27. The fraction of sp³-hybridized carbons (Fsp3) is 0.417. The number of rotatable bonds is 7. The minimum Gasteiger partial charge on any atom is -0.490 e. The summed E-state index contributed by atoms with van der Waals surface area (Å²) in [5.74, 6) is 1.08. The quantitative estimate of drug-likeness (QED) is 0.621. The van der Waals surface area contributed by atoms with Gasteiger partial charge in [-0.1, -0.05) is 6.07 Å². The zero-order chi connectivity index (χ0) is 24.1. The van der Waals surface area contributed by atoms with Gasteiger partial charge in [0.2, 0.25) is 21.8 Å². The number of sulfonamides is 1. The van der Waals surface area contributed by atoms with Crippen molar-refractivity contribution in [1.82, 2.24) is 9.62 Å². The Kier molecular flexibility index (Phi) is 7.38. The van der Waals surface area contributed by atoms with E-state index in [0.717, 1.165) is 30.6 Å². The van der Waals surface area contributed by atoms with Crippen molar-refractivity contribution in [3.63, 3.8) is 0 Å². The summed E-state index contributed by atoms with van der Waals surface area (Å²) in [4.78, 5) is 25.9. The van der Waals surface area contributed by atoms with Crippen LogP contribution in [0.5, 0.6) is 11.5 Å². The van der Waals surface area contributed by atoms with E-state index in [9.17, 15) is 18.0 Å². The maximum atomic E-state index is 12.9. The zero-order valence-electron chi connectivity index (χ0n) is 19.1. The third-order valence-corrected chi connectivity index (χ3v) is 7.32. The van der Waals surface area contributed by atoms with E-state index < -0.39 is 10.0 Å². The maximum Gasteiger partial charge on any atom is 0.240 e. The van der Waals surface area contributed by atoms with Gasteiger partial charge in [0.1, 0.15) is 0 Å². The molecule has 10 heteroatoms. The predicted octanol–water partition coefficient (Wildman–Crippen LogP) is 2.84. The molecule has 0 aliphatic carbocycles. The van der Waals surface area contributed by atoms with Crippen molar-refractivity contribution >= 4 is 27.5 Å². The van der Waals surface area contributed by atoms with Gasteiger partial charge in [-0.15, -0.1) is 0 Å². The lowest BCUT2D eigenvalue weighted by Gasteiger charge is -2.26. The van der Waals surface area contributed by atoms with Gasteiger partial charge < -0.3 is 19.7 Å². The number of nitrogens with one attached hydrogen (secondary N) is 2. The molecule has 0 unspecified atom stereocenters. The Morgan fingerprint density at radius 1 is 1.03 bits per heavy atom. The van der Waals surface area contributed by atoms with Gasteiger partial charge in [-0.2, -0.15) is 0 Å². The highest BCUT2D eigenvalue weighted by atomic mass is 32.2. The van der Waals surface area contributed by atoms with Crippen LogP contribution in [0.4, 0.5) is 5.69 Å². The first kappa shape index (κ1) is 24.0. The molecule has 1 saturated heterocycles. The van der Waals surface area contributed by atoms with E-state index in [2.05, 4.69) is 10.0 Å². The fourth-order valence-electron chi connectivity index (χ4n) is 4.24. The number of carbonyl (C=O) groups excluding carboxylic acids is 2. The van der Waals surface area contributed by atoms with E-state index in [-0.39, 0.29) is 35.7 Å². The third kappa shape index (κ3) is 5.68. The molecule has 9 nitrogen and oxygen atoms in total. The summed E-state index contributed by atoms with van der Waals surface area (Å²) in [6, 6.07) is 11.6. The molecule has 0 bridgehead atoms. The highest BCUT2D eigenvalue weighted by molar-refractivity contribution is 7.89. The lowest BCUT2D eigenvalue weighted by Crippen LogP contribution is -2.34. The van der Waals surface area contributed by atoms with Crippen LogP contribution in [0, 0.1) is 0 Å². The van der Waals surface area contributed by atoms with E-state index in [1.54, 1.807) is 0 Å². The average Bonchev–Trinajstić information content (AvgIpc) is 3.18. The molecule has 182 valence electrons. The van der Waals surface area contributed by atoms with Crippen LogP contribution in [-0.4, -0.2) is 51.4 Å². The molecule has 2 heterocycles. The average molecular weight is 488 g/mol. The molecule has 2 N–H and O–H groups in total. The van der Waals surface area contributed by atoms with Gasteiger partial charge in [0.05, 0.1) is 24.2 Å². The van der Waals surface area contributed by atoms with Crippen LogP contribution in [0.25, 0.3) is 0 Å². The number of carbonyl (C=O) groups is 2. The second kappa shape index (κ2) is 10.4. The molecule has 2 aliphatic rings. The Bertz CT molecular complexity index is 1150. The number of fused-ring (bicyclic) bond motifs is 1. The van der Waals surface area contributed by atoms with Gasteiger partial charge in [0.15, 0.2) is 11.5 Å². The van der Waals surface area contributed by atoms with E-state index in [1.165, 1.54) is 31.2 Å². The normalized spacial score (nSPS) is 17.8. The number of nitrogens with zero attached hydrogens (tertiary/aromatic N) is 1. The van der Waals surface area contributed by atoms with Crippen LogP contribution in [0.2, 0.25) is 0 Å². The molecule has 2 aromatic rings. The van der Waals surface area contributed by atoms with Gasteiger partial charge in [-0.05, 0) is 54.8 Å². The van der Waals surface area contributed by atoms with Crippen LogP contribution in [-0.2, 0) is 19.6 Å². The Labute approximate surface area is 199 Å². The summed E-state index contributed by atoms with van der Waals surface area (Å²) >= 11 is 0. The van der Waals surface area contributed by atoms with Crippen molar-refractivity contribution in [1.29, 1.82) is 0 Å². The Morgan fingerprint density at radius 2 is 1.76 bits per heavy atom. The van der Waals surface area contributed by atoms with Crippen LogP contribution < -0.4 is 19.5 Å². The summed E-state index contributed by atoms with van der Waals surface area (Å²) in [5.41, 5.74) is 1.51. The van der Waals surface area contributed by atoms with Crippen LogP contribution in [0.15, 0.2) is 47.4 Å². The van der Waals surface area contributed by atoms with Crippen LogP contribution in [0.3, 0.4) is 0 Å². The molecule has 2 aromatic carbocycles. The van der Waals surface area contributed by atoms with Gasteiger partial charge in [0.25, 0.3) is 0 Å². The molecule has 1 atom stereocenters. The summed E-state index contributed by atoms with van der Waals surface area (Å²) in [6.07, 6.45) is 2.62. The van der Waals surface area contributed by atoms with Crippen LogP contribution in [0.1, 0.15) is 44.2 Å². The Balaban J connectivity index is 1.35. The number of amides is 2. The van der Waals surface area contributed by atoms with Gasteiger partial charge in [-0.3, -0.25) is 9.59 Å². The number of anilines is 1. The van der Waals surface area contributed by atoms with Crippen molar-refractivity contribution in [3.8, 4) is 11.5 Å². The second-order valence-electron chi connectivity index (χ2n) is 8.36. The highest BCUT2D eigenvalue weighted by Gasteiger charge is 2.30. The molecular formula is C24H29N3O6S. The molecular weight excluding hydrogens is 458 g/mol. The van der Waals surface area contributed by atoms with Crippen molar-refractivity contribution in [2.45, 2.75) is 43.5 Å². The van der Waals surface area contributed by atoms with Crippen molar-refractivity contribution in [2.24, 2.45) is 0 Å². The lowest BCUT2D eigenvalue weighted by molar-refractivity contribution is -0.132. The molecule has 0 radical (unpaired) electrons. The van der Waals surface area contributed by atoms with Gasteiger partial charge in [-0.25, -0.2) is 13.1 Å². The molecule has 4 rings (SSSR count). The zero-order valence-corrected chi connectivity index (χ0v) is 19.9. The number of benzene rings is 2. The Morgan fingerprint density at radius 3 is 2.50 bits per heavy atom. The van der Waals surface area contributed by atoms with Crippen LogP contribution >= 0.6 is 0 Å². The molecule has 0 aromatic heterocycles. The minimum absolute atomic E-state index is 0.00102. The molecule has 0 saturated carbocycles. The van der Waals surface area contributed by atoms with E-state index in [0.29, 0.717) is 31.2 Å². The Hall–Kier alpha value is -3.11. The molecule has 0 spiro atoms. The number of hydrogen-bond donors (Lipinski definition) is 2. The highest BCUT2D eigenvalue weighted by Crippen LogP contribution is 2.38. The number of ether oxygens (including phenoxy) is 2. The van der Waals surface area contributed by atoms with Crippen molar-refractivity contribution < 1.29 is 27.5 Å². The lowest BCUT2D eigenvalue weighted by atomic mass is 10.0. The first-order valence-electron chi connectivity index (χ1n) is 11.4. The summed E-state index contributed by atoms with van der Waals surface area (Å²) in [6.45, 7) is 3.23. The molecule has 2 aliphatic heterocycles. The molecule has 34 heavy (non-hydrogen) atoms. The van der Waals surface area contributed by atoms with Crippen molar-refractivity contribution in [3.05, 3.63) is 48.0 Å². The first-order valence-corrected chi connectivity index (χ1v) is 12.9. The summed E-state index contributed by atoms with van der Waals surface area (Å²) in [7, 11) is -3.77. The predicted molar refractivity (Wildman–Crippen MR) is 126 cm³/mol. The SMILES string of the molecule is CC(=O)Nc1ccc(S(=O)(=O)NCCC(=O)N2CCC[C@H]2c2ccc3c(c2)OCCCO3)cc1. The maximum absolute atomic E-state index is 12.9. The topological polar surface area (TPSA) is 114 Å². The van der Waals surface area contributed by atoms with E-state index in [1.807, 2.05) is 23.1 Å². The minimum atomic E-state index is -3.77. The second-order valence-corrected chi connectivity index (χ2v) is 10.1. The molecule has 2 amide bonds. The monoisotopic (exact) mass is 487 g/mol. The third-order valence-electron chi connectivity index (χ3n) is 5.85. The van der Waals surface area contributed by atoms with Gasteiger partial charge in [0, 0.05) is 38.5 Å². The molecule has 1 fully saturated rings. The first-order chi connectivity index (χ1) is 16.3.